The van der Waals surface area contributed by atoms with Gasteiger partial charge < -0.3 is 18.9 Å². The van der Waals surface area contributed by atoms with Gasteiger partial charge in [-0.25, -0.2) is 0 Å². The first kappa shape index (κ1) is 28.1. The van der Waals surface area contributed by atoms with Crippen molar-refractivity contribution in [3.8, 4) is 11.5 Å². The van der Waals surface area contributed by atoms with Crippen molar-refractivity contribution in [2.24, 2.45) is 0 Å². The highest BCUT2D eigenvalue weighted by Crippen LogP contribution is 2.40. The molecule has 1 atom stereocenters. The van der Waals surface area contributed by atoms with Gasteiger partial charge in [0.25, 0.3) is 0 Å². The maximum absolute atomic E-state index is 11.3. The summed E-state index contributed by atoms with van der Waals surface area (Å²) in [6, 6.07) is 11.2. The third-order valence-corrected chi connectivity index (χ3v) is 5.89. The first-order valence-corrected chi connectivity index (χ1v) is 12.1. The second-order valence-corrected chi connectivity index (χ2v) is 9.35. The lowest BCUT2D eigenvalue weighted by Gasteiger charge is -2.27. The van der Waals surface area contributed by atoms with Crippen LogP contribution in [-0.4, -0.2) is 43.7 Å². The Morgan fingerprint density at radius 3 is 2.06 bits per heavy atom. The van der Waals surface area contributed by atoms with Gasteiger partial charge in [-0.3, -0.25) is 9.59 Å². The van der Waals surface area contributed by atoms with E-state index in [0.29, 0.717) is 40.5 Å². The molecule has 0 spiro atoms. The summed E-state index contributed by atoms with van der Waals surface area (Å²) in [4.78, 5) is 22.3. The van der Waals surface area contributed by atoms with Crippen LogP contribution in [0.1, 0.15) is 45.2 Å². The largest absolute Gasteiger partial charge is 0.490 e. The molecule has 0 radical (unpaired) electrons. The van der Waals surface area contributed by atoms with Crippen molar-refractivity contribution in [3.05, 3.63) is 57.6 Å². The maximum Gasteiger partial charge on any atom is 0.303 e. The van der Waals surface area contributed by atoms with E-state index < -0.39 is 23.5 Å². The molecule has 0 aliphatic rings. The molecular weight excluding hydrogens is 503 g/mol. The molecule has 0 aliphatic heterocycles. The Kier molecular flexibility index (Phi) is 10.8. The van der Waals surface area contributed by atoms with Crippen molar-refractivity contribution in [3.63, 3.8) is 0 Å². The van der Waals surface area contributed by atoms with Gasteiger partial charge in [0.1, 0.15) is 19.0 Å². The van der Waals surface area contributed by atoms with Crippen LogP contribution in [0.3, 0.4) is 0 Å². The number of halogens is 3. The van der Waals surface area contributed by atoms with Gasteiger partial charge in [-0.2, -0.15) is 0 Å². The lowest BCUT2D eigenvalue weighted by molar-refractivity contribution is -0.158. The third-order valence-electron chi connectivity index (χ3n) is 5.06. The molecule has 0 amide bonds. The Balaban J connectivity index is 2.11. The van der Waals surface area contributed by atoms with Gasteiger partial charge in [-0.1, -0.05) is 49.2 Å². The number of alkyl halides is 1. The molecule has 2 rings (SSSR count). The smallest absolute Gasteiger partial charge is 0.303 e. The average Bonchev–Trinajstić information content (AvgIpc) is 2.77. The highest BCUT2D eigenvalue weighted by Gasteiger charge is 2.26. The van der Waals surface area contributed by atoms with E-state index in [9.17, 15) is 9.59 Å². The van der Waals surface area contributed by atoms with Gasteiger partial charge in [0.2, 0.25) is 0 Å². The van der Waals surface area contributed by atoms with Crippen molar-refractivity contribution in [1.29, 1.82) is 0 Å². The highest BCUT2D eigenvalue weighted by atomic mass is 35.5. The lowest BCUT2D eigenvalue weighted by atomic mass is 9.78. The number of hydrogen-bond donors (Lipinski definition) is 0. The molecule has 0 N–H and O–H groups in total. The second kappa shape index (κ2) is 13.1. The fourth-order valence-electron chi connectivity index (χ4n) is 3.17. The van der Waals surface area contributed by atoms with Gasteiger partial charge in [-0.05, 0) is 41.8 Å². The molecule has 0 heterocycles. The van der Waals surface area contributed by atoms with Crippen LogP contribution in [0, 0.1) is 0 Å². The SMILES string of the molecule is CC(=O)OCC(COc1ccc(C(C)(C)c2cc(Cl)c(OCCCCl)c(Cl)c2)cc1)OC(C)=O. The van der Waals surface area contributed by atoms with Crippen LogP contribution in [0.4, 0.5) is 0 Å². The zero-order valence-corrected chi connectivity index (χ0v) is 21.9. The van der Waals surface area contributed by atoms with Gasteiger partial charge >= 0.3 is 11.9 Å². The summed E-state index contributed by atoms with van der Waals surface area (Å²) >= 11 is 18.6. The van der Waals surface area contributed by atoms with E-state index in [2.05, 4.69) is 13.8 Å². The number of benzene rings is 2. The Bertz CT molecular complexity index is 952. The van der Waals surface area contributed by atoms with Crippen LogP contribution in [0.5, 0.6) is 11.5 Å². The average molecular weight is 532 g/mol. The Morgan fingerprint density at radius 2 is 1.53 bits per heavy atom. The summed E-state index contributed by atoms with van der Waals surface area (Å²) in [6.07, 6.45) is -0.00619. The summed E-state index contributed by atoms with van der Waals surface area (Å²) in [7, 11) is 0. The fraction of sp³-hybridized carbons (Fsp3) is 0.440. The van der Waals surface area contributed by atoms with E-state index in [-0.39, 0.29) is 13.2 Å². The monoisotopic (exact) mass is 530 g/mol. The zero-order valence-electron chi connectivity index (χ0n) is 19.7. The minimum atomic E-state index is -0.702. The minimum absolute atomic E-state index is 0.0476. The van der Waals surface area contributed by atoms with E-state index in [1.165, 1.54) is 13.8 Å². The maximum atomic E-state index is 11.3. The normalized spacial score (nSPS) is 12.1. The van der Waals surface area contributed by atoms with E-state index in [1.807, 2.05) is 36.4 Å². The summed E-state index contributed by atoms with van der Waals surface area (Å²) in [5.74, 6) is 0.590. The molecule has 0 saturated carbocycles. The molecule has 186 valence electrons. The molecule has 0 fully saturated rings. The predicted molar refractivity (Wildman–Crippen MR) is 134 cm³/mol. The van der Waals surface area contributed by atoms with Crippen LogP contribution in [0.15, 0.2) is 36.4 Å². The van der Waals surface area contributed by atoms with Crippen molar-refractivity contribution in [2.75, 3.05) is 25.7 Å². The number of esters is 2. The van der Waals surface area contributed by atoms with E-state index in [1.54, 1.807) is 0 Å². The topological polar surface area (TPSA) is 71.1 Å². The number of rotatable bonds is 12. The van der Waals surface area contributed by atoms with Crippen LogP contribution < -0.4 is 9.47 Å². The van der Waals surface area contributed by atoms with Gasteiger partial charge in [-0.15, -0.1) is 11.6 Å². The van der Waals surface area contributed by atoms with Crippen molar-refractivity contribution in [1.82, 2.24) is 0 Å². The van der Waals surface area contributed by atoms with Gasteiger partial charge in [0.15, 0.2) is 11.9 Å². The molecule has 2 aromatic rings. The van der Waals surface area contributed by atoms with E-state index >= 15 is 0 Å². The first-order chi connectivity index (χ1) is 16.0. The Morgan fingerprint density at radius 1 is 0.912 bits per heavy atom. The van der Waals surface area contributed by atoms with E-state index in [4.69, 9.17) is 53.8 Å². The molecular formula is C25H29Cl3O6. The molecule has 0 saturated heterocycles. The second-order valence-electron chi connectivity index (χ2n) is 8.15. The van der Waals surface area contributed by atoms with Crippen LogP contribution in [0.2, 0.25) is 10.0 Å². The quantitative estimate of drug-likeness (QED) is 0.184. The number of hydrogen-bond acceptors (Lipinski definition) is 6. The summed E-state index contributed by atoms with van der Waals surface area (Å²) in [5.41, 5.74) is 1.53. The standard InChI is InChI=1S/C25H29Cl3O6/c1-16(29)32-14-21(34-17(2)30)15-33-20-8-6-18(7-9-20)25(3,4)19-12-22(27)24(23(28)13-19)31-11-5-10-26/h6-9,12-13,21H,5,10-11,14-15H2,1-4H3. The van der Waals surface area contributed by atoms with Crippen LogP contribution >= 0.6 is 34.8 Å². The highest BCUT2D eigenvalue weighted by molar-refractivity contribution is 6.37. The molecule has 0 bridgehead atoms. The first-order valence-electron chi connectivity index (χ1n) is 10.8. The number of ether oxygens (including phenoxy) is 4. The molecule has 34 heavy (non-hydrogen) atoms. The number of carbonyl (C=O) groups is 2. The van der Waals surface area contributed by atoms with Crippen LogP contribution in [-0.2, 0) is 24.5 Å². The molecule has 0 aliphatic carbocycles. The molecule has 6 nitrogen and oxygen atoms in total. The molecule has 0 aromatic heterocycles. The summed E-state index contributed by atoms with van der Waals surface area (Å²) in [6.45, 7) is 7.11. The minimum Gasteiger partial charge on any atom is -0.490 e. The molecule has 1 unspecified atom stereocenters. The summed E-state index contributed by atoms with van der Waals surface area (Å²) in [5, 5.41) is 0.879. The van der Waals surface area contributed by atoms with E-state index in [0.717, 1.165) is 11.1 Å². The fourth-order valence-corrected chi connectivity index (χ4v) is 3.88. The van der Waals surface area contributed by atoms with Gasteiger partial charge in [0.05, 0.1) is 16.7 Å². The lowest BCUT2D eigenvalue weighted by Crippen LogP contribution is -2.29. The molecule has 9 heteroatoms. The summed E-state index contributed by atoms with van der Waals surface area (Å²) < 4.78 is 21.5. The Hall–Kier alpha value is -2.15. The van der Waals surface area contributed by atoms with Crippen LogP contribution in [0.25, 0.3) is 0 Å². The molecule has 2 aromatic carbocycles. The van der Waals surface area contributed by atoms with Crippen molar-refractivity contribution in [2.45, 2.75) is 45.6 Å². The Labute approximate surface area is 215 Å². The zero-order chi connectivity index (χ0) is 25.3. The third kappa shape index (κ3) is 8.26. The number of carbonyl (C=O) groups excluding carboxylic acids is 2. The van der Waals surface area contributed by atoms with Crippen molar-refractivity contribution >= 4 is 46.7 Å². The predicted octanol–water partition coefficient (Wildman–Crippen LogP) is 6.20. The van der Waals surface area contributed by atoms with Crippen molar-refractivity contribution < 1.29 is 28.5 Å². The van der Waals surface area contributed by atoms with Gasteiger partial charge in [0, 0.05) is 25.1 Å².